The van der Waals surface area contributed by atoms with Crippen molar-refractivity contribution in [3.63, 3.8) is 0 Å². The Labute approximate surface area is 158 Å². The van der Waals surface area contributed by atoms with Gasteiger partial charge < -0.3 is 14.0 Å². The van der Waals surface area contributed by atoms with Gasteiger partial charge in [-0.2, -0.15) is 4.98 Å². The summed E-state index contributed by atoms with van der Waals surface area (Å²) in [6.45, 7) is 1.54. The maximum Gasteiger partial charge on any atom is 0.257 e. The van der Waals surface area contributed by atoms with Gasteiger partial charge in [-0.25, -0.2) is 0 Å². The van der Waals surface area contributed by atoms with E-state index in [1.165, 1.54) is 18.4 Å². The van der Waals surface area contributed by atoms with Crippen molar-refractivity contribution in [2.24, 2.45) is 0 Å². The molecule has 4 rings (SSSR count). The lowest BCUT2D eigenvalue weighted by Crippen LogP contribution is -2.25. The van der Waals surface area contributed by atoms with Crippen LogP contribution in [0.15, 0.2) is 53.1 Å². The van der Waals surface area contributed by atoms with E-state index in [1.807, 2.05) is 36.4 Å². The summed E-state index contributed by atoms with van der Waals surface area (Å²) in [6.07, 6.45) is 2.44. The van der Waals surface area contributed by atoms with Gasteiger partial charge in [0.2, 0.25) is 0 Å². The quantitative estimate of drug-likeness (QED) is 0.603. The summed E-state index contributed by atoms with van der Waals surface area (Å²) in [5.74, 6) is 2.92. The summed E-state index contributed by atoms with van der Waals surface area (Å²) in [5, 5.41) is 4.18. The van der Waals surface area contributed by atoms with E-state index in [1.54, 1.807) is 14.2 Å². The molecule has 1 fully saturated rings. The van der Waals surface area contributed by atoms with E-state index < -0.39 is 0 Å². The normalized spacial score (nSPS) is 13.7. The maximum atomic E-state index is 5.46. The Morgan fingerprint density at radius 1 is 0.926 bits per heavy atom. The lowest BCUT2D eigenvalue weighted by molar-refractivity contribution is 0.235. The Kier molecular flexibility index (Phi) is 5.07. The van der Waals surface area contributed by atoms with Crippen LogP contribution >= 0.6 is 0 Å². The highest BCUT2D eigenvalue weighted by molar-refractivity contribution is 5.54. The van der Waals surface area contributed by atoms with Gasteiger partial charge >= 0.3 is 0 Å². The fraction of sp³-hybridized carbons (Fsp3) is 0.333. The monoisotopic (exact) mass is 365 g/mol. The zero-order valence-corrected chi connectivity index (χ0v) is 15.6. The van der Waals surface area contributed by atoms with Gasteiger partial charge in [0.25, 0.3) is 5.89 Å². The number of methoxy groups -OCH3 is 2. The fourth-order valence-corrected chi connectivity index (χ4v) is 3.07. The van der Waals surface area contributed by atoms with Crippen LogP contribution in [0.3, 0.4) is 0 Å². The molecule has 2 aromatic carbocycles. The summed E-state index contributed by atoms with van der Waals surface area (Å²) < 4.78 is 15.9. The van der Waals surface area contributed by atoms with Gasteiger partial charge in [0, 0.05) is 18.2 Å². The van der Waals surface area contributed by atoms with Crippen molar-refractivity contribution in [1.29, 1.82) is 0 Å². The van der Waals surface area contributed by atoms with Crippen LogP contribution in [0.1, 0.15) is 24.2 Å². The lowest BCUT2D eigenvalue weighted by atomic mass is 10.2. The minimum Gasteiger partial charge on any atom is -0.497 e. The minimum absolute atomic E-state index is 0.535. The number of rotatable bonds is 8. The van der Waals surface area contributed by atoms with Crippen molar-refractivity contribution < 1.29 is 14.0 Å². The molecule has 1 aromatic heterocycles. The lowest BCUT2D eigenvalue weighted by Gasteiger charge is -2.20. The summed E-state index contributed by atoms with van der Waals surface area (Å²) in [4.78, 5) is 6.98. The summed E-state index contributed by atoms with van der Waals surface area (Å²) in [6, 6.07) is 16.4. The molecule has 1 aliphatic carbocycles. The molecule has 140 valence electrons. The molecule has 6 heteroatoms. The molecule has 0 radical (unpaired) electrons. The van der Waals surface area contributed by atoms with E-state index in [-0.39, 0.29) is 0 Å². The van der Waals surface area contributed by atoms with Crippen LogP contribution in [0.2, 0.25) is 0 Å². The number of hydrogen-bond acceptors (Lipinski definition) is 6. The first kappa shape index (κ1) is 17.5. The molecule has 0 atom stereocenters. The summed E-state index contributed by atoms with van der Waals surface area (Å²) >= 11 is 0. The van der Waals surface area contributed by atoms with Crippen LogP contribution in [-0.2, 0) is 13.1 Å². The average molecular weight is 365 g/mol. The largest absolute Gasteiger partial charge is 0.497 e. The fourth-order valence-electron chi connectivity index (χ4n) is 3.07. The third-order valence-corrected chi connectivity index (χ3v) is 4.76. The molecule has 0 amide bonds. The molecule has 0 N–H and O–H groups in total. The standard InChI is InChI=1S/C21H23N3O3/c1-25-18-9-3-15(4-10-18)13-24(17-7-8-17)14-20-22-21(27-23-20)16-5-11-19(26-2)12-6-16/h3-6,9-12,17H,7-8,13-14H2,1-2H3. The molecular formula is C21H23N3O3. The smallest absolute Gasteiger partial charge is 0.257 e. The zero-order chi connectivity index (χ0) is 18.6. The third-order valence-electron chi connectivity index (χ3n) is 4.76. The molecule has 0 saturated heterocycles. The molecule has 1 aliphatic rings. The van der Waals surface area contributed by atoms with Crippen molar-refractivity contribution in [2.45, 2.75) is 32.0 Å². The van der Waals surface area contributed by atoms with E-state index in [2.05, 4.69) is 27.2 Å². The van der Waals surface area contributed by atoms with Gasteiger partial charge in [-0.3, -0.25) is 4.90 Å². The van der Waals surface area contributed by atoms with Crippen molar-refractivity contribution >= 4 is 0 Å². The molecule has 1 heterocycles. The Balaban J connectivity index is 1.45. The van der Waals surface area contributed by atoms with Crippen LogP contribution < -0.4 is 9.47 Å². The molecule has 0 bridgehead atoms. The van der Waals surface area contributed by atoms with Gasteiger partial charge in [0.1, 0.15) is 11.5 Å². The van der Waals surface area contributed by atoms with Crippen LogP contribution in [0.25, 0.3) is 11.5 Å². The van der Waals surface area contributed by atoms with Gasteiger partial charge in [-0.15, -0.1) is 0 Å². The number of ether oxygens (including phenoxy) is 2. The highest BCUT2D eigenvalue weighted by Crippen LogP contribution is 2.30. The van der Waals surface area contributed by atoms with Gasteiger partial charge in [0.05, 0.1) is 20.8 Å². The highest BCUT2D eigenvalue weighted by atomic mass is 16.5. The third kappa shape index (κ3) is 4.28. The Bertz CT molecular complexity index is 870. The van der Waals surface area contributed by atoms with Crippen molar-refractivity contribution in [3.8, 4) is 23.0 Å². The van der Waals surface area contributed by atoms with Crippen molar-refractivity contribution in [1.82, 2.24) is 15.0 Å². The highest BCUT2D eigenvalue weighted by Gasteiger charge is 2.30. The van der Waals surface area contributed by atoms with Gasteiger partial charge in [0.15, 0.2) is 5.82 Å². The second-order valence-corrected chi connectivity index (χ2v) is 6.73. The van der Waals surface area contributed by atoms with Crippen LogP contribution in [0, 0.1) is 0 Å². The first-order valence-corrected chi connectivity index (χ1v) is 9.09. The van der Waals surface area contributed by atoms with Crippen LogP contribution in [0.5, 0.6) is 11.5 Å². The van der Waals surface area contributed by atoms with E-state index in [0.717, 1.165) is 23.6 Å². The van der Waals surface area contributed by atoms with E-state index >= 15 is 0 Å². The van der Waals surface area contributed by atoms with Crippen LogP contribution in [-0.4, -0.2) is 35.3 Å². The molecule has 1 saturated carbocycles. The minimum atomic E-state index is 0.535. The molecule has 27 heavy (non-hydrogen) atoms. The first-order chi connectivity index (χ1) is 13.2. The number of aromatic nitrogens is 2. The first-order valence-electron chi connectivity index (χ1n) is 9.09. The van der Waals surface area contributed by atoms with E-state index in [4.69, 9.17) is 14.0 Å². The van der Waals surface area contributed by atoms with Crippen molar-refractivity contribution in [2.75, 3.05) is 14.2 Å². The Morgan fingerprint density at radius 2 is 1.56 bits per heavy atom. The zero-order valence-electron chi connectivity index (χ0n) is 15.6. The van der Waals surface area contributed by atoms with Crippen molar-refractivity contribution in [3.05, 3.63) is 59.9 Å². The average Bonchev–Trinajstić information content (AvgIpc) is 3.47. The Morgan fingerprint density at radius 3 is 2.15 bits per heavy atom. The maximum absolute atomic E-state index is 5.46. The molecule has 0 unspecified atom stereocenters. The number of hydrogen-bond donors (Lipinski definition) is 0. The summed E-state index contributed by atoms with van der Waals surface area (Å²) in [5.41, 5.74) is 2.14. The van der Waals surface area contributed by atoms with Gasteiger partial charge in [-0.1, -0.05) is 17.3 Å². The Hall–Kier alpha value is -2.86. The molecule has 0 spiro atoms. The second kappa shape index (κ2) is 7.80. The molecule has 0 aliphatic heterocycles. The SMILES string of the molecule is COc1ccc(CN(Cc2noc(-c3ccc(OC)cc3)n2)C2CC2)cc1. The van der Waals surface area contributed by atoms with E-state index in [0.29, 0.717) is 24.3 Å². The molecule has 3 aromatic rings. The van der Waals surface area contributed by atoms with Gasteiger partial charge in [-0.05, 0) is 54.8 Å². The number of benzene rings is 2. The molecule has 6 nitrogen and oxygen atoms in total. The summed E-state index contributed by atoms with van der Waals surface area (Å²) in [7, 11) is 3.33. The van der Waals surface area contributed by atoms with Crippen LogP contribution in [0.4, 0.5) is 0 Å². The predicted molar refractivity (Wildman–Crippen MR) is 102 cm³/mol. The predicted octanol–water partition coefficient (Wildman–Crippen LogP) is 3.92. The second-order valence-electron chi connectivity index (χ2n) is 6.73. The number of nitrogens with zero attached hydrogens (tertiary/aromatic N) is 3. The topological polar surface area (TPSA) is 60.6 Å². The van der Waals surface area contributed by atoms with E-state index in [9.17, 15) is 0 Å². The molecular weight excluding hydrogens is 342 g/mol.